The van der Waals surface area contributed by atoms with Crippen LogP contribution in [0.5, 0.6) is 0 Å². The van der Waals surface area contributed by atoms with Gasteiger partial charge in [0.2, 0.25) is 5.91 Å². The summed E-state index contributed by atoms with van der Waals surface area (Å²) < 4.78 is 1.81. The van der Waals surface area contributed by atoms with Crippen molar-refractivity contribution in [3.8, 4) is 0 Å². The number of carbonyl (C=O) groups excluding carboxylic acids is 1. The summed E-state index contributed by atoms with van der Waals surface area (Å²) in [7, 11) is 1.90. The lowest BCUT2D eigenvalue weighted by Gasteiger charge is -2.29. The molecule has 4 rings (SSSR count). The van der Waals surface area contributed by atoms with Gasteiger partial charge in [0.1, 0.15) is 0 Å². The van der Waals surface area contributed by atoms with Gasteiger partial charge in [0.25, 0.3) is 0 Å². The third-order valence-electron chi connectivity index (χ3n) is 6.17. The summed E-state index contributed by atoms with van der Waals surface area (Å²) in [5.41, 5.74) is 7.87. The first-order valence-electron chi connectivity index (χ1n) is 10.6. The summed E-state index contributed by atoms with van der Waals surface area (Å²) in [5, 5.41) is 7.52. The number of fused-ring (bicyclic) bond motifs is 1. The molecule has 0 bridgehead atoms. The Hall–Kier alpha value is -2.92. The number of nitrogens with zero attached hydrogens (tertiary/aromatic N) is 3. The van der Waals surface area contributed by atoms with E-state index >= 15 is 0 Å². The molecule has 2 aromatic carbocycles. The minimum atomic E-state index is 0.00527. The number of amides is 1. The third kappa shape index (κ3) is 4.17. The zero-order chi connectivity index (χ0) is 21.3. The van der Waals surface area contributed by atoms with Crippen molar-refractivity contribution < 1.29 is 4.79 Å². The Morgan fingerprint density at radius 1 is 1.13 bits per heavy atom. The number of hydrogen-bond donors (Lipinski definition) is 1. The number of carbonyl (C=O) groups is 1. The van der Waals surface area contributed by atoms with Gasteiger partial charge in [-0.15, -0.1) is 0 Å². The topological polar surface area (TPSA) is 50.2 Å². The predicted molar refractivity (Wildman–Crippen MR) is 120 cm³/mol. The molecule has 1 atom stereocenters. The van der Waals surface area contributed by atoms with E-state index in [2.05, 4.69) is 70.8 Å². The molecule has 0 radical (unpaired) electrons. The number of anilines is 1. The van der Waals surface area contributed by atoms with E-state index in [1.807, 2.05) is 25.6 Å². The van der Waals surface area contributed by atoms with Crippen LogP contribution >= 0.6 is 0 Å². The molecule has 0 fully saturated rings. The van der Waals surface area contributed by atoms with Gasteiger partial charge in [-0.05, 0) is 50.3 Å². The maximum absolute atomic E-state index is 13.1. The van der Waals surface area contributed by atoms with Gasteiger partial charge in [-0.1, -0.05) is 54.1 Å². The molecular weight excluding hydrogens is 372 g/mol. The van der Waals surface area contributed by atoms with E-state index in [-0.39, 0.29) is 11.9 Å². The Balaban J connectivity index is 1.57. The molecule has 156 valence electrons. The van der Waals surface area contributed by atoms with Gasteiger partial charge < -0.3 is 5.32 Å². The monoisotopic (exact) mass is 402 g/mol. The van der Waals surface area contributed by atoms with Crippen molar-refractivity contribution in [1.82, 2.24) is 14.7 Å². The Kier molecular flexibility index (Phi) is 5.73. The van der Waals surface area contributed by atoms with Gasteiger partial charge in [-0.3, -0.25) is 14.4 Å². The molecule has 1 aliphatic rings. The molecule has 1 heterocycles. The first-order chi connectivity index (χ1) is 14.4. The van der Waals surface area contributed by atoms with E-state index in [1.165, 1.54) is 22.3 Å². The second kappa shape index (κ2) is 8.44. The number of benzene rings is 2. The summed E-state index contributed by atoms with van der Waals surface area (Å²) in [6.45, 7) is 7.10. The second-order valence-electron chi connectivity index (χ2n) is 8.36. The van der Waals surface area contributed by atoms with Gasteiger partial charge in [-0.25, -0.2) is 0 Å². The fourth-order valence-corrected chi connectivity index (χ4v) is 4.44. The Morgan fingerprint density at radius 3 is 2.57 bits per heavy atom. The average molecular weight is 403 g/mol. The summed E-state index contributed by atoms with van der Waals surface area (Å²) in [6, 6.07) is 17.5. The van der Waals surface area contributed by atoms with Crippen LogP contribution in [0.15, 0.2) is 48.5 Å². The normalized spacial score (nSPS) is 15.4. The molecular formula is C25H30N4O. The molecule has 1 N–H and O–H groups in total. The van der Waals surface area contributed by atoms with Crippen LogP contribution in [0.1, 0.15) is 46.1 Å². The van der Waals surface area contributed by atoms with Crippen LogP contribution in [0.2, 0.25) is 0 Å². The Labute approximate surface area is 178 Å². The molecule has 0 spiro atoms. The SMILES string of the molecule is Cc1ccc(CN(CC(=O)Nc2c(C)nn(C)c2C)C2CCc3ccccc32)cc1. The van der Waals surface area contributed by atoms with Gasteiger partial charge in [0.15, 0.2) is 0 Å². The zero-order valence-electron chi connectivity index (χ0n) is 18.3. The smallest absolute Gasteiger partial charge is 0.238 e. The van der Waals surface area contributed by atoms with Crippen LogP contribution < -0.4 is 5.32 Å². The molecule has 3 aromatic rings. The van der Waals surface area contributed by atoms with Crippen LogP contribution in [0.4, 0.5) is 5.69 Å². The quantitative estimate of drug-likeness (QED) is 0.662. The molecule has 30 heavy (non-hydrogen) atoms. The van der Waals surface area contributed by atoms with Crippen molar-refractivity contribution in [1.29, 1.82) is 0 Å². The van der Waals surface area contributed by atoms with E-state index in [0.717, 1.165) is 36.5 Å². The van der Waals surface area contributed by atoms with E-state index < -0.39 is 0 Å². The fraction of sp³-hybridized carbons (Fsp3) is 0.360. The number of aromatic nitrogens is 2. The lowest BCUT2D eigenvalue weighted by atomic mass is 10.1. The first kappa shape index (κ1) is 20.4. The first-order valence-corrected chi connectivity index (χ1v) is 10.6. The third-order valence-corrected chi connectivity index (χ3v) is 6.17. The Bertz CT molecular complexity index is 1050. The summed E-state index contributed by atoms with van der Waals surface area (Å²) >= 11 is 0. The molecule has 1 aromatic heterocycles. The number of hydrogen-bond acceptors (Lipinski definition) is 3. The molecule has 0 saturated heterocycles. The van der Waals surface area contributed by atoms with E-state index in [1.54, 1.807) is 0 Å². The van der Waals surface area contributed by atoms with Crippen LogP contribution in [0.3, 0.4) is 0 Å². The van der Waals surface area contributed by atoms with Gasteiger partial charge in [-0.2, -0.15) is 5.10 Å². The number of aryl methyl sites for hydroxylation is 4. The largest absolute Gasteiger partial charge is 0.322 e. The lowest BCUT2D eigenvalue weighted by Crippen LogP contribution is -2.35. The maximum atomic E-state index is 13.1. The van der Waals surface area contributed by atoms with Crippen molar-refractivity contribution >= 4 is 11.6 Å². The van der Waals surface area contributed by atoms with E-state index in [9.17, 15) is 4.79 Å². The maximum Gasteiger partial charge on any atom is 0.238 e. The van der Waals surface area contributed by atoms with Crippen molar-refractivity contribution in [3.05, 3.63) is 82.2 Å². The molecule has 5 heteroatoms. The minimum absolute atomic E-state index is 0.00527. The van der Waals surface area contributed by atoms with Crippen LogP contribution in [-0.4, -0.2) is 27.1 Å². The van der Waals surface area contributed by atoms with Crippen molar-refractivity contribution in [2.75, 3.05) is 11.9 Å². The summed E-state index contributed by atoms with van der Waals surface area (Å²) in [6.07, 6.45) is 2.11. The second-order valence-corrected chi connectivity index (χ2v) is 8.36. The highest BCUT2D eigenvalue weighted by molar-refractivity contribution is 5.93. The summed E-state index contributed by atoms with van der Waals surface area (Å²) in [5.74, 6) is 0.00527. The Morgan fingerprint density at radius 2 is 1.87 bits per heavy atom. The van der Waals surface area contributed by atoms with Crippen molar-refractivity contribution in [3.63, 3.8) is 0 Å². The molecule has 5 nitrogen and oxygen atoms in total. The molecule has 1 unspecified atom stereocenters. The molecule has 1 amide bonds. The molecule has 1 aliphatic carbocycles. The highest BCUT2D eigenvalue weighted by Crippen LogP contribution is 2.36. The lowest BCUT2D eigenvalue weighted by molar-refractivity contribution is -0.118. The number of nitrogens with one attached hydrogen (secondary N) is 1. The number of rotatable bonds is 6. The van der Waals surface area contributed by atoms with Gasteiger partial charge in [0, 0.05) is 19.6 Å². The summed E-state index contributed by atoms with van der Waals surface area (Å²) in [4.78, 5) is 15.4. The van der Waals surface area contributed by atoms with Crippen LogP contribution in [0.25, 0.3) is 0 Å². The van der Waals surface area contributed by atoms with Crippen molar-refractivity contribution in [2.45, 2.75) is 46.2 Å². The predicted octanol–water partition coefficient (Wildman–Crippen LogP) is 4.47. The molecule has 0 saturated carbocycles. The average Bonchev–Trinajstić information content (AvgIpc) is 3.25. The zero-order valence-corrected chi connectivity index (χ0v) is 18.3. The highest BCUT2D eigenvalue weighted by atomic mass is 16.2. The van der Waals surface area contributed by atoms with E-state index in [4.69, 9.17) is 0 Å². The highest BCUT2D eigenvalue weighted by Gasteiger charge is 2.29. The fourth-order valence-electron chi connectivity index (χ4n) is 4.44. The van der Waals surface area contributed by atoms with E-state index in [0.29, 0.717) is 6.54 Å². The van der Waals surface area contributed by atoms with Crippen LogP contribution in [-0.2, 0) is 24.8 Å². The van der Waals surface area contributed by atoms with Gasteiger partial charge >= 0.3 is 0 Å². The van der Waals surface area contributed by atoms with Crippen molar-refractivity contribution in [2.24, 2.45) is 7.05 Å². The minimum Gasteiger partial charge on any atom is -0.322 e. The van der Waals surface area contributed by atoms with Crippen LogP contribution in [0, 0.1) is 20.8 Å². The molecule has 0 aliphatic heterocycles. The standard InChI is InChI=1S/C25H30N4O/c1-17-9-11-20(12-10-17)15-29(23-14-13-21-7-5-6-8-22(21)23)16-24(30)26-25-18(2)27-28(4)19(25)3/h5-12,23H,13-16H2,1-4H3,(H,26,30). The van der Waals surface area contributed by atoms with Gasteiger partial charge in [0.05, 0.1) is 23.6 Å².